The molecule has 0 aliphatic rings. The maximum absolute atomic E-state index is 12.6. The number of rotatable bonds is 79. The molecule has 0 aliphatic carbocycles. The largest absolute Gasteiger partial charge is 0.466 e. The minimum atomic E-state index is -0.845. The van der Waals surface area contributed by atoms with Crippen molar-refractivity contribution in [1.82, 2.24) is 5.32 Å². The van der Waals surface area contributed by atoms with Crippen LogP contribution in [0.5, 0.6) is 0 Å². The van der Waals surface area contributed by atoms with Gasteiger partial charge in [-0.1, -0.05) is 430 Å². The minimum Gasteiger partial charge on any atom is -0.466 e. The van der Waals surface area contributed by atoms with Gasteiger partial charge in [0.1, 0.15) is 0 Å². The van der Waals surface area contributed by atoms with Gasteiger partial charge in [0.05, 0.1) is 25.4 Å². The molecule has 0 aromatic heterocycles. The van der Waals surface area contributed by atoms with Gasteiger partial charge in [0.15, 0.2) is 0 Å². The van der Waals surface area contributed by atoms with Crippen molar-refractivity contribution in [1.29, 1.82) is 0 Å². The van der Waals surface area contributed by atoms with Crippen molar-refractivity contribution in [3.8, 4) is 0 Å². The highest BCUT2D eigenvalue weighted by Crippen LogP contribution is 2.20. The van der Waals surface area contributed by atoms with Crippen LogP contribution in [0.3, 0.4) is 0 Å². The van der Waals surface area contributed by atoms with E-state index in [0.29, 0.717) is 19.4 Å². The van der Waals surface area contributed by atoms with Gasteiger partial charge in [-0.15, -0.1) is 0 Å². The average Bonchev–Trinajstić information content (AvgIpc) is 3.63. The number of allylic oxidation sites excluding steroid dienone is 3. The Kier molecular flexibility index (Phi) is 78.3. The number of aliphatic hydroxyl groups is 2. The van der Waals surface area contributed by atoms with E-state index >= 15 is 0 Å². The third kappa shape index (κ3) is 75.4. The summed E-state index contributed by atoms with van der Waals surface area (Å²) >= 11 is 0. The molecule has 0 saturated heterocycles. The number of hydrogen-bond acceptors (Lipinski definition) is 5. The van der Waals surface area contributed by atoms with Crippen LogP contribution in [-0.2, 0) is 14.3 Å². The average molecular weight is 1270 g/mol. The number of amides is 1. The molecule has 2 atom stereocenters. The van der Waals surface area contributed by atoms with Crippen LogP contribution in [0.4, 0.5) is 0 Å². The monoisotopic (exact) mass is 1270 g/mol. The van der Waals surface area contributed by atoms with Gasteiger partial charge in [-0.3, -0.25) is 9.59 Å². The number of ether oxygens (including phenoxy) is 1. The van der Waals surface area contributed by atoms with Crippen molar-refractivity contribution in [3.05, 3.63) is 24.3 Å². The second-order valence-electron chi connectivity index (χ2n) is 28.8. The lowest BCUT2D eigenvalue weighted by Gasteiger charge is -2.20. The van der Waals surface area contributed by atoms with Crippen molar-refractivity contribution in [3.63, 3.8) is 0 Å². The maximum atomic E-state index is 12.6. The fourth-order valence-corrected chi connectivity index (χ4v) is 13.4. The van der Waals surface area contributed by atoms with Gasteiger partial charge in [-0.2, -0.15) is 0 Å². The van der Waals surface area contributed by atoms with E-state index in [1.54, 1.807) is 6.08 Å². The second-order valence-corrected chi connectivity index (χ2v) is 28.8. The minimum absolute atomic E-state index is 0.0225. The molecule has 0 aromatic carbocycles. The maximum Gasteiger partial charge on any atom is 0.305 e. The van der Waals surface area contributed by atoms with E-state index in [1.807, 2.05) is 6.08 Å². The summed E-state index contributed by atoms with van der Waals surface area (Å²) in [4.78, 5) is 24.7. The Hall–Kier alpha value is -1.66. The summed E-state index contributed by atoms with van der Waals surface area (Å²) in [6.45, 7) is 4.97. The van der Waals surface area contributed by atoms with Crippen molar-refractivity contribution < 1.29 is 24.5 Å². The van der Waals surface area contributed by atoms with E-state index in [9.17, 15) is 19.8 Å². The molecule has 0 spiro atoms. The number of nitrogens with one attached hydrogen (secondary N) is 1. The van der Waals surface area contributed by atoms with Crippen LogP contribution in [0.15, 0.2) is 24.3 Å². The van der Waals surface area contributed by atoms with Gasteiger partial charge in [0.25, 0.3) is 0 Å². The number of aliphatic hydroxyl groups excluding tert-OH is 2. The highest BCUT2D eigenvalue weighted by molar-refractivity contribution is 5.76. The Morgan fingerprint density at radius 2 is 0.522 bits per heavy atom. The Bertz CT molecular complexity index is 1410. The molecule has 3 N–H and O–H groups in total. The molecule has 2 unspecified atom stereocenters. The number of hydrogen-bond donors (Lipinski definition) is 3. The molecule has 534 valence electrons. The van der Waals surface area contributed by atoms with E-state index in [2.05, 4.69) is 31.3 Å². The van der Waals surface area contributed by atoms with E-state index < -0.39 is 12.1 Å². The molecule has 0 rings (SSSR count). The standard InChI is InChI=1S/C84H163NO5/c1-3-5-7-9-11-13-15-17-19-21-23-24-25-32-35-38-41-44-48-52-56-60-64-68-72-76-82(87)81(80-86)85-83(88)77-73-69-65-61-57-53-49-45-42-39-36-33-30-28-26-27-29-31-34-37-40-43-47-51-55-59-63-67-71-75-79-90-84(89)78-74-70-66-62-58-54-50-46-22-20-18-16-14-12-10-8-6-4-2/h27,29,72,76,81-82,86-87H,3-26,28,30-71,73-75,77-80H2,1-2H3,(H,85,88)/b29-27-,76-72+. The zero-order chi connectivity index (χ0) is 64.9. The molecule has 0 saturated carbocycles. The van der Waals surface area contributed by atoms with Gasteiger partial charge >= 0.3 is 5.97 Å². The van der Waals surface area contributed by atoms with Crippen molar-refractivity contribution in [2.24, 2.45) is 0 Å². The second kappa shape index (κ2) is 79.8. The zero-order valence-corrected chi connectivity index (χ0v) is 61.4. The van der Waals surface area contributed by atoms with Crippen LogP contribution in [0.1, 0.15) is 476 Å². The number of unbranched alkanes of at least 4 members (excludes halogenated alkanes) is 66. The smallest absolute Gasteiger partial charge is 0.305 e. The van der Waals surface area contributed by atoms with Gasteiger partial charge in [-0.25, -0.2) is 0 Å². The summed E-state index contributed by atoms with van der Waals surface area (Å²) in [6, 6.07) is -0.628. The van der Waals surface area contributed by atoms with Crippen LogP contribution in [0.2, 0.25) is 0 Å². The van der Waals surface area contributed by atoms with E-state index in [0.717, 1.165) is 38.5 Å². The van der Waals surface area contributed by atoms with Gasteiger partial charge in [0.2, 0.25) is 5.91 Å². The first-order valence-corrected chi connectivity index (χ1v) is 41.6. The zero-order valence-electron chi connectivity index (χ0n) is 61.4. The van der Waals surface area contributed by atoms with Crippen LogP contribution in [-0.4, -0.2) is 47.4 Å². The number of esters is 1. The van der Waals surface area contributed by atoms with Gasteiger partial charge < -0.3 is 20.3 Å². The Labute approximate surface area is 564 Å². The lowest BCUT2D eigenvalue weighted by molar-refractivity contribution is -0.143. The first-order chi connectivity index (χ1) is 44.5. The first-order valence-electron chi connectivity index (χ1n) is 41.6. The molecule has 0 radical (unpaired) electrons. The van der Waals surface area contributed by atoms with Crippen molar-refractivity contribution in [2.75, 3.05) is 13.2 Å². The molecule has 1 amide bonds. The Morgan fingerprint density at radius 1 is 0.300 bits per heavy atom. The summed E-state index contributed by atoms with van der Waals surface area (Å²) < 4.78 is 5.52. The fourth-order valence-electron chi connectivity index (χ4n) is 13.4. The summed E-state index contributed by atoms with van der Waals surface area (Å²) in [5.41, 5.74) is 0. The molecule has 0 fully saturated rings. The lowest BCUT2D eigenvalue weighted by atomic mass is 10.0. The predicted molar refractivity (Wildman–Crippen MR) is 398 cm³/mol. The fraction of sp³-hybridized carbons (Fsp3) is 0.929. The number of carbonyl (C=O) groups excluding carboxylic acids is 2. The van der Waals surface area contributed by atoms with E-state index in [-0.39, 0.29) is 18.5 Å². The molecule has 0 aromatic rings. The Balaban J connectivity index is 3.37. The van der Waals surface area contributed by atoms with E-state index in [1.165, 1.54) is 411 Å². The van der Waals surface area contributed by atoms with Crippen molar-refractivity contribution in [2.45, 2.75) is 488 Å². The SMILES string of the molecule is CCCCCCCCCCCCCCCCCCCCCCCCC/C=C/C(O)C(CO)NC(=O)CCCCCCCCCCCCCCCC/C=C\CCCCCCCCCCCCCCOC(=O)CCCCCCCCCCCCCCCCCCCC. The van der Waals surface area contributed by atoms with Crippen LogP contribution < -0.4 is 5.32 Å². The highest BCUT2D eigenvalue weighted by Gasteiger charge is 2.18. The summed E-state index contributed by atoms with van der Waals surface area (Å²) in [7, 11) is 0. The third-order valence-electron chi connectivity index (χ3n) is 19.7. The molecular weight excluding hydrogens is 1100 g/mol. The molecule has 0 heterocycles. The van der Waals surface area contributed by atoms with Crippen molar-refractivity contribution >= 4 is 11.9 Å². The molecule has 0 bridgehead atoms. The summed E-state index contributed by atoms with van der Waals surface area (Å²) in [5.74, 6) is -0.0383. The van der Waals surface area contributed by atoms with Gasteiger partial charge in [-0.05, 0) is 57.8 Å². The Morgan fingerprint density at radius 3 is 0.789 bits per heavy atom. The lowest BCUT2D eigenvalue weighted by Crippen LogP contribution is -2.45. The van der Waals surface area contributed by atoms with Crippen LogP contribution >= 0.6 is 0 Å². The highest BCUT2D eigenvalue weighted by atomic mass is 16.5. The summed E-state index contributed by atoms with van der Waals surface area (Å²) in [6.07, 6.45) is 103. The molecule has 6 heteroatoms. The molecular formula is C84H163NO5. The number of carbonyl (C=O) groups is 2. The van der Waals surface area contributed by atoms with Crippen LogP contribution in [0, 0.1) is 0 Å². The summed E-state index contributed by atoms with van der Waals surface area (Å²) in [5, 5.41) is 23.3. The quantitative estimate of drug-likeness (QED) is 0.0320. The third-order valence-corrected chi connectivity index (χ3v) is 19.7. The normalized spacial score (nSPS) is 12.5. The van der Waals surface area contributed by atoms with E-state index in [4.69, 9.17) is 4.74 Å². The molecule has 0 aliphatic heterocycles. The predicted octanol–water partition coefficient (Wildman–Crippen LogP) is 27.6. The van der Waals surface area contributed by atoms with Crippen LogP contribution in [0.25, 0.3) is 0 Å². The first kappa shape index (κ1) is 88.3. The molecule has 90 heavy (non-hydrogen) atoms. The van der Waals surface area contributed by atoms with Gasteiger partial charge in [0, 0.05) is 12.8 Å². The molecule has 6 nitrogen and oxygen atoms in total. The topological polar surface area (TPSA) is 95.9 Å².